The number of nitrogens with zero attached hydrogens (tertiary/aromatic N) is 1. The van der Waals surface area contributed by atoms with E-state index >= 15 is 0 Å². The lowest BCUT2D eigenvalue weighted by atomic mass is 10.0. The second-order valence-electron chi connectivity index (χ2n) is 3.73. The van der Waals surface area contributed by atoms with Crippen LogP contribution in [0.1, 0.15) is 25.5 Å². The van der Waals surface area contributed by atoms with Crippen LogP contribution in [0.15, 0.2) is 24.4 Å². The third-order valence-electron chi connectivity index (χ3n) is 2.27. The van der Waals surface area contributed by atoms with Crippen LogP contribution in [-0.4, -0.2) is 22.7 Å². The number of carbonyl (C=O) groups is 2. The number of Topliss-reactive ketones (excluding diaryl/α,β-unsaturated/α-hetero) is 1. The van der Waals surface area contributed by atoms with E-state index in [2.05, 4.69) is 10.3 Å². The van der Waals surface area contributed by atoms with Gasteiger partial charge in [-0.3, -0.25) is 14.6 Å². The first-order chi connectivity index (χ1) is 7.59. The molecule has 1 aliphatic heterocycles. The van der Waals surface area contributed by atoms with Gasteiger partial charge in [0.05, 0.1) is 6.04 Å². The summed E-state index contributed by atoms with van der Waals surface area (Å²) in [6, 6.07) is 5.60. The zero-order chi connectivity index (χ0) is 12.0. The summed E-state index contributed by atoms with van der Waals surface area (Å²) >= 11 is 0. The molecule has 1 fully saturated rings. The zero-order valence-electron chi connectivity index (χ0n) is 9.56. The van der Waals surface area contributed by atoms with E-state index in [0.717, 1.165) is 5.69 Å². The smallest absolute Gasteiger partial charge is 0.221 e. The molecule has 86 valence electrons. The Kier molecular flexibility index (Phi) is 4.64. The molecule has 4 heteroatoms. The quantitative estimate of drug-likeness (QED) is 0.715. The number of rotatable bonds is 0. The van der Waals surface area contributed by atoms with Crippen LogP contribution >= 0.6 is 0 Å². The van der Waals surface area contributed by atoms with Crippen molar-refractivity contribution in [2.45, 2.75) is 32.7 Å². The highest BCUT2D eigenvalue weighted by molar-refractivity contribution is 5.94. The minimum Gasteiger partial charge on any atom is -0.347 e. The molecule has 4 nitrogen and oxygen atoms in total. The third kappa shape index (κ3) is 4.21. The van der Waals surface area contributed by atoms with Gasteiger partial charge in [-0.1, -0.05) is 6.07 Å². The highest BCUT2D eigenvalue weighted by atomic mass is 16.2. The van der Waals surface area contributed by atoms with Gasteiger partial charge in [0.1, 0.15) is 0 Å². The van der Waals surface area contributed by atoms with Crippen LogP contribution < -0.4 is 5.32 Å². The molecule has 1 aromatic rings. The monoisotopic (exact) mass is 220 g/mol. The van der Waals surface area contributed by atoms with E-state index in [9.17, 15) is 9.59 Å². The van der Waals surface area contributed by atoms with Gasteiger partial charge in [-0.05, 0) is 26.0 Å². The Hall–Kier alpha value is -1.71. The Morgan fingerprint density at radius 3 is 2.44 bits per heavy atom. The van der Waals surface area contributed by atoms with Crippen LogP contribution in [0.4, 0.5) is 0 Å². The molecule has 2 rings (SSSR count). The van der Waals surface area contributed by atoms with E-state index in [1.807, 2.05) is 25.1 Å². The van der Waals surface area contributed by atoms with Gasteiger partial charge in [-0.2, -0.15) is 0 Å². The number of amides is 1. The zero-order valence-corrected chi connectivity index (χ0v) is 9.56. The minimum atomic E-state index is -0.258. The average molecular weight is 220 g/mol. The van der Waals surface area contributed by atoms with Crippen molar-refractivity contribution in [2.24, 2.45) is 0 Å². The lowest BCUT2D eigenvalue weighted by Gasteiger charge is -2.17. The van der Waals surface area contributed by atoms with Crippen molar-refractivity contribution < 1.29 is 9.59 Å². The van der Waals surface area contributed by atoms with Crippen LogP contribution in [0.5, 0.6) is 0 Å². The van der Waals surface area contributed by atoms with Crippen LogP contribution in [0, 0.1) is 6.92 Å². The maximum atomic E-state index is 10.7. The van der Waals surface area contributed by atoms with Crippen molar-refractivity contribution in [1.82, 2.24) is 10.3 Å². The number of aryl methyl sites for hydroxylation is 1. The van der Waals surface area contributed by atoms with E-state index in [-0.39, 0.29) is 17.7 Å². The largest absolute Gasteiger partial charge is 0.347 e. The molecular weight excluding hydrogens is 204 g/mol. The molecule has 1 aliphatic rings. The fourth-order valence-electron chi connectivity index (χ4n) is 1.30. The van der Waals surface area contributed by atoms with Crippen molar-refractivity contribution in [3.8, 4) is 0 Å². The minimum absolute atomic E-state index is 0.0119. The van der Waals surface area contributed by atoms with Crippen molar-refractivity contribution >= 4 is 11.7 Å². The molecule has 1 aromatic heterocycles. The van der Waals surface area contributed by atoms with E-state index in [1.54, 1.807) is 13.1 Å². The molecule has 16 heavy (non-hydrogen) atoms. The predicted molar refractivity (Wildman–Crippen MR) is 60.8 cm³/mol. The number of nitrogens with one attached hydrogen (secondary N) is 1. The van der Waals surface area contributed by atoms with Gasteiger partial charge in [0.25, 0.3) is 0 Å². The first-order valence-corrected chi connectivity index (χ1v) is 5.29. The first kappa shape index (κ1) is 12.4. The van der Waals surface area contributed by atoms with E-state index in [4.69, 9.17) is 0 Å². The van der Waals surface area contributed by atoms with Crippen LogP contribution in [0.25, 0.3) is 0 Å². The number of carbonyl (C=O) groups excluding carboxylic acids is 2. The summed E-state index contributed by atoms with van der Waals surface area (Å²) < 4.78 is 0. The first-order valence-electron chi connectivity index (χ1n) is 5.29. The molecule has 1 N–H and O–H groups in total. The molecular formula is C12H16N2O2. The number of piperidine rings is 1. The summed E-state index contributed by atoms with van der Waals surface area (Å²) in [5.41, 5.74) is 1.07. The average Bonchev–Trinajstić information content (AvgIpc) is 2.26. The van der Waals surface area contributed by atoms with Gasteiger partial charge < -0.3 is 5.32 Å². The fourth-order valence-corrected chi connectivity index (χ4v) is 1.30. The number of pyridine rings is 1. The maximum Gasteiger partial charge on any atom is 0.221 e. The topological polar surface area (TPSA) is 59.1 Å². The number of hydrogen-bond donors (Lipinski definition) is 1. The Morgan fingerprint density at radius 2 is 2.06 bits per heavy atom. The van der Waals surface area contributed by atoms with Crippen molar-refractivity contribution in [3.63, 3.8) is 0 Å². The number of hydrogen-bond acceptors (Lipinski definition) is 3. The summed E-state index contributed by atoms with van der Waals surface area (Å²) in [5.74, 6) is 0.122. The van der Waals surface area contributed by atoms with Gasteiger partial charge in [-0.25, -0.2) is 0 Å². The van der Waals surface area contributed by atoms with E-state index in [0.29, 0.717) is 12.8 Å². The lowest BCUT2D eigenvalue weighted by Crippen LogP contribution is -2.43. The summed E-state index contributed by atoms with van der Waals surface area (Å²) in [7, 11) is 0. The SMILES string of the molecule is CC1NC(=O)CCC1=O.Cc1ccccn1. The summed E-state index contributed by atoms with van der Waals surface area (Å²) in [4.78, 5) is 25.3. The molecule has 1 unspecified atom stereocenters. The maximum absolute atomic E-state index is 10.7. The molecule has 0 spiro atoms. The van der Waals surface area contributed by atoms with Gasteiger partial charge in [0.15, 0.2) is 5.78 Å². The van der Waals surface area contributed by atoms with Gasteiger partial charge >= 0.3 is 0 Å². The van der Waals surface area contributed by atoms with Gasteiger partial charge in [0.2, 0.25) is 5.91 Å². The van der Waals surface area contributed by atoms with E-state index < -0.39 is 0 Å². The van der Waals surface area contributed by atoms with Gasteiger partial charge in [-0.15, -0.1) is 0 Å². The second-order valence-corrected chi connectivity index (χ2v) is 3.73. The molecule has 2 heterocycles. The molecule has 0 radical (unpaired) electrons. The molecule has 0 aromatic carbocycles. The van der Waals surface area contributed by atoms with Crippen LogP contribution in [0.2, 0.25) is 0 Å². The van der Waals surface area contributed by atoms with Crippen molar-refractivity contribution in [3.05, 3.63) is 30.1 Å². The van der Waals surface area contributed by atoms with E-state index in [1.165, 1.54) is 0 Å². The Balaban J connectivity index is 0.000000165. The fraction of sp³-hybridized carbons (Fsp3) is 0.417. The molecule has 0 bridgehead atoms. The highest BCUT2D eigenvalue weighted by Gasteiger charge is 2.21. The number of aromatic nitrogens is 1. The second kappa shape index (κ2) is 6.00. The summed E-state index contributed by atoms with van der Waals surface area (Å²) in [5, 5.41) is 2.54. The molecule has 1 saturated heterocycles. The lowest BCUT2D eigenvalue weighted by molar-refractivity contribution is -0.132. The number of ketones is 1. The molecule has 0 aliphatic carbocycles. The standard InChI is InChI=1S/C6H9NO2.C6H7N/c1-4-5(8)2-3-6(9)7-4;1-6-4-2-3-5-7-6/h4H,2-3H2,1H3,(H,7,9);2-5H,1H3. The Morgan fingerprint density at radius 1 is 1.31 bits per heavy atom. The third-order valence-corrected chi connectivity index (χ3v) is 2.27. The normalized spacial score (nSPS) is 19.5. The van der Waals surface area contributed by atoms with Crippen LogP contribution in [0.3, 0.4) is 0 Å². The molecule has 0 saturated carbocycles. The highest BCUT2D eigenvalue weighted by Crippen LogP contribution is 2.02. The van der Waals surface area contributed by atoms with Crippen LogP contribution in [-0.2, 0) is 9.59 Å². The Labute approximate surface area is 95.1 Å². The van der Waals surface area contributed by atoms with Crippen molar-refractivity contribution in [1.29, 1.82) is 0 Å². The van der Waals surface area contributed by atoms with Gasteiger partial charge in [0, 0.05) is 24.7 Å². The Bertz CT molecular complexity index is 363. The predicted octanol–water partition coefficient (Wildman–Crippen LogP) is 1.24. The molecule has 1 atom stereocenters. The van der Waals surface area contributed by atoms with Crippen molar-refractivity contribution in [2.75, 3.05) is 0 Å². The molecule has 1 amide bonds. The summed E-state index contributed by atoms with van der Waals surface area (Å²) in [6.45, 7) is 3.68. The summed E-state index contributed by atoms with van der Waals surface area (Å²) in [6.07, 6.45) is 2.56.